The van der Waals surface area contributed by atoms with E-state index in [1.54, 1.807) is 24.4 Å². The number of carbonyl (C=O) groups is 2. The number of amides is 2. The van der Waals surface area contributed by atoms with Gasteiger partial charge >= 0.3 is 12.0 Å². The summed E-state index contributed by atoms with van der Waals surface area (Å²) in [5.41, 5.74) is 4.15. The molecule has 8 nitrogen and oxygen atoms in total. The number of hydrogen-bond donors (Lipinski definition) is 3. The van der Waals surface area contributed by atoms with Gasteiger partial charge in [0, 0.05) is 17.8 Å². The van der Waals surface area contributed by atoms with Crippen molar-refractivity contribution in [3.05, 3.63) is 60.2 Å². The summed E-state index contributed by atoms with van der Waals surface area (Å²) in [6, 6.07) is 16.2. The number of para-hydroxylation sites is 2. The number of carboxylic acid groups (broad SMARTS) is 1. The van der Waals surface area contributed by atoms with Crippen LogP contribution in [0.3, 0.4) is 0 Å². The smallest absolute Gasteiger partial charge is 0.341 e. The van der Waals surface area contributed by atoms with Crippen LogP contribution in [0.5, 0.6) is 5.75 Å². The lowest BCUT2D eigenvalue weighted by molar-refractivity contribution is -0.139. The third-order valence-electron chi connectivity index (χ3n) is 5.71. The minimum absolute atomic E-state index is 0.0586. The zero-order valence-electron chi connectivity index (χ0n) is 16.9. The van der Waals surface area contributed by atoms with Crippen LogP contribution in [-0.2, 0) is 16.0 Å². The first-order valence-corrected chi connectivity index (χ1v) is 10.3. The van der Waals surface area contributed by atoms with Gasteiger partial charge in [-0.3, -0.25) is 0 Å². The van der Waals surface area contributed by atoms with E-state index in [4.69, 9.17) is 14.6 Å². The highest BCUT2D eigenvalue weighted by molar-refractivity contribution is 5.89. The van der Waals surface area contributed by atoms with Crippen molar-refractivity contribution in [1.82, 2.24) is 5.43 Å². The number of aliphatic carboxylic acids is 1. The van der Waals surface area contributed by atoms with Crippen molar-refractivity contribution in [2.75, 3.05) is 11.9 Å². The van der Waals surface area contributed by atoms with Gasteiger partial charge < -0.3 is 19.9 Å². The molecule has 2 heterocycles. The van der Waals surface area contributed by atoms with Gasteiger partial charge in [-0.1, -0.05) is 36.4 Å². The van der Waals surface area contributed by atoms with E-state index in [0.717, 1.165) is 18.4 Å². The van der Waals surface area contributed by atoms with E-state index >= 15 is 0 Å². The van der Waals surface area contributed by atoms with E-state index < -0.39 is 12.0 Å². The molecule has 2 aliphatic rings. The molecule has 3 N–H and O–H groups in total. The molecule has 4 rings (SSSR count). The molecule has 0 saturated carbocycles. The Morgan fingerprint density at radius 2 is 1.84 bits per heavy atom. The number of benzene rings is 2. The SMILES string of the molecule is O=C(O)COc1ccccc1C[C@@H]1[C@H](/C=N/NC(=O)Nc2ccccc2)[C@H]2CC[C@@H]1O2. The lowest BCUT2D eigenvalue weighted by Crippen LogP contribution is -2.31. The van der Waals surface area contributed by atoms with Gasteiger partial charge in [0.05, 0.1) is 12.2 Å². The van der Waals surface area contributed by atoms with Crippen LogP contribution in [0.2, 0.25) is 0 Å². The fourth-order valence-electron chi connectivity index (χ4n) is 4.35. The standard InChI is InChI=1S/C23H25N3O5/c27-22(28)14-30-19-9-5-4-6-15(19)12-17-18(21-11-10-20(17)31-21)13-24-26-23(29)25-16-7-2-1-3-8-16/h1-9,13,17-18,20-21H,10-12,14H2,(H,27,28)(H2,25,26,29)/b24-13+/t17-,18+,20+,21-/m1/s1. The molecular formula is C23H25N3O5. The van der Waals surface area contributed by atoms with Crippen molar-refractivity contribution in [3.8, 4) is 5.75 Å². The molecule has 2 bridgehead atoms. The first-order valence-electron chi connectivity index (χ1n) is 10.3. The van der Waals surface area contributed by atoms with Crippen molar-refractivity contribution < 1.29 is 24.2 Å². The van der Waals surface area contributed by atoms with E-state index in [2.05, 4.69) is 15.8 Å². The molecule has 8 heteroatoms. The first kappa shape index (κ1) is 20.9. The summed E-state index contributed by atoms with van der Waals surface area (Å²) in [6.07, 6.45) is 4.59. The molecular weight excluding hydrogens is 398 g/mol. The van der Waals surface area contributed by atoms with E-state index in [0.29, 0.717) is 17.9 Å². The number of rotatable bonds is 8. The molecule has 4 atom stereocenters. The number of urea groups is 1. The van der Waals surface area contributed by atoms with Crippen LogP contribution in [0.15, 0.2) is 59.7 Å². The van der Waals surface area contributed by atoms with E-state index in [9.17, 15) is 9.59 Å². The Labute approximate surface area is 180 Å². The summed E-state index contributed by atoms with van der Waals surface area (Å²) >= 11 is 0. The number of hydrogen-bond acceptors (Lipinski definition) is 5. The Hall–Kier alpha value is -3.39. The van der Waals surface area contributed by atoms with Crippen LogP contribution in [0.25, 0.3) is 0 Å². The minimum Gasteiger partial charge on any atom is -0.482 e. The molecule has 2 aromatic rings. The number of anilines is 1. The molecule has 2 saturated heterocycles. The summed E-state index contributed by atoms with van der Waals surface area (Å²) in [7, 11) is 0. The Balaban J connectivity index is 1.39. The Morgan fingerprint density at radius 3 is 2.65 bits per heavy atom. The fourth-order valence-corrected chi connectivity index (χ4v) is 4.35. The van der Waals surface area contributed by atoms with Gasteiger partial charge in [0.2, 0.25) is 0 Å². The van der Waals surface area contributed by atoms with E-state index in [-0.39, 0.29) is 30.7 Å². The summed E-state index contributed by atoms with van der Waals surface area (Å²) in [4.78, 5) is 22.9. The average molecular weight is 423 g/mol. The Bertz CT molecular complexity index is 949. The van der Waals surface area contributed by atoms with Gasteiger partial charge in [-0.15, -0.1) is 0 Å². The van der Waals surface area contributed by atoms with Crippen LogP contribution in [0.4, 0.5) is 10.5 Å². The largest absolute Gasteiger partial charge is 0.482 e. The topological polar surface area (TPSA) is 109 Å². The molecule has 0 spiro atoms. The number of hydrazone groups is 1. The molecule has 2 amide bonds. The van der Waals surface area contributed by atoms with Crippen LogP contribution in [-0.4, -0.2) is 42.1 Å². The zero-order chi connectivity index (χ0) is 21.6. The number of carboxylic acids is 1. The number of carbonyl (C=O) groups excluding carboxylic acids is 1. The highest BCUT2D eigenvalue weighted by Gasteiger charge is 2.48. The fraction of sp³-hybridized carbons (Fsp3) is 0.348. The van der Waals surface area contributed by atoms with Gasteiger partial charge in [0.25, 0.3) is 0 Å². The van der Waals surface area contributed by atoms with Crippen LogP contribution in [0, 0.1) is 11.8 Å². The predicted molar refractivity (Wildman–Crippen MR) is 115 cm³/mol. The number of ether oxygens (including phenoxy) is 2. The van der Waals surface area contributed by atoms with Gasteiger partial charge in [-0.25, -0.2) is 15.0 Å². The maximum atomic E-state index is 12.1. The highest BCUT2D eigenvalue weighted by Crippen LogP contribution is 2.44. The number of nitrogens with one attached hydrogen (secondary N) is 2. The van der Waals surface area contributed by atoms with Crippen molar-refractivity contribution in [2.24, 2.45) is 16.9 Å². The minimum atomic E-state index is -1.01. The summed E-state index contributed by atoms with van der Waals surface area (Å²) in [5.74, 6) is -0.203. The Kier molecular flexibility index (Phi) is 6.47. The normalized spacial score (nSPS) is 24.3. The lowest BCUT2D eigenvalue weighted by atomic mass is 9.76. The second-order valence-electron chi connectivity index (χ2n) is 7.74. The third kappa shape index (κ3) is 5.21. The van der Waals surface area contributed by atoms with Gasteiger partial charge in [0.1, 0.15) is 5.75 Å². The van der Waals surface area contributed by atoms with Crippen molar-refractivity contribution >= 4 is 23.9 Å². The summed E-state index contributed by atoms with van der Waals surface area (Å²) in [5, 5.41) is 15.8. The highest BCUT2D eigenvalue weighted by atomic mass is 16.5. The quantitative estimate of drug-likeness (QED) is 0.446. The van der Waals surface area contributed by atoms with Crippen LogP contribution < -0.4 is 15.5 Å². The van der Waals surface area contributed by atoms with Crippen LogP contribution >= 0.6 is 0 Å². The molecule has 31 heavy (non-hydrogen) atoms. The third-order valence-corrected chi connectivity index (χ3v) is 5.71. The van der Waals surface area contributed by atoms with Crippen molar-refractivity contribution in [2.45, 2.75) is 31.5 Å². The molecule has 2 aromatic carbocycles. The van der Waals surface area contributed by atoms with E-state index in [1.165, 1.54) is 0 Å². The number of nitrogens with zero attached hydrogens (tertiary/aromatic N) is 1. The second-order valence-corrected chi connectivity index (χ2v) is 7.74. The zero-order valence-corrected chi connectivity index (χ0v) is 16.9. The molecule has 2 aliphatic heterocycles. The van der Waals surface area contributed by atoms with E-state index in [1.807, 2.05) is 36.4 Å². The van der Waals surface area contributed by atoms with Crippen molar-refractivity contribution in [1.29, 1.82) is 0 Å². The molecule has 0 unspecified atom stereocenters. The lowest BCUT2D eigenvalue weighted by Gasteiger charge is -2.25. The molecule has 0 aliphatic carbocycles. The molecule has 0 aromatic heterocycles. The monoisotopic (exact) mass is 423 g/mol. The molecule has 162 valence electrons. The van der Waals surface area contributed by atoms with Gasteiger partial charge in [0.15, 0.2) is 6.61 Å². The van der Waals surface area contributed by atoms with Crippen LogP contribution in [0.1, 0.15) is 18.4 Å². The summed E-state index contributed by atoms with van der Waals surface area (Å²) < 4.78 is 11.6. The maximum Gasteiger partial charge on any atom is 0.341 e. The predicted octanol–water partition coefficient (Wildman–Crippen LogP) is 3.29. The number of fused-ring (bicyclic) bond motifs is 2. The van der Waals surface area contributed by atoms with Crippen molar-refractivity contribution in [3.63, 3.8) is 0 Å². The summed E-state index contributed by atoms with van der Waals surface area (Å²) in [6.45, 7) is -0.379. The second kappa shape index (κ2) is 9.61. The average Bonchev–Trinajstić information content (AvgIpc) is 3.36. The van der Waals surface area contributed by atoms with Gasteiger partial charge in [-0.2, -0.15) is 5.10 Å². The first-order chi connectivity index (χ1) is 15.1. The molecule has 0 radical (unpaired) electrons. The molecule has 2 fully saturated rings. The Morgan fingerprint density at radius 1 is 1.10 bits per heavy atom. The van der Waals surface area contributed by atoms with Gasteiger partial charge in [-0.05, 0) is 48.9 Å². The maximum absolute atomic E-state index is 12.1.